The Kier molecular flexibility index (Phi) is 4.52. The van der Waals surface area contributed by atoms with Gasteiger partial charge in [-0.25, -0.2) is 4.98 Å². The summed E-state index contributed by atoms with van der Waals surface area (Å²) in [4.78, 5) is 28.4. The number of fused-ring (bicyclic) bond motifs is 1. The molecule has 1 aromatic carbocycles. The molecule has 118 valence electrons. The lowest BCUT2D eigenvalue weighted by molar-refractivity contribution is -0.116. The van der Waals surface area contributed by atoms with Crippen LogP contribution in [-0.2, 0) is 11.3 Å². The Balaban J connectivity index is 1.57. The van der Waals surface area contributed by atoms with Crippen molar-refractivity contribution >= 4 is 33.3 Å². The second-order valence-electron chi connectivity index (χ2n) is 5.31. The number of pyridine rings is 1. The SMILES string of the molecule is Cc1cccc(NC(=O)CCCn2sc3ccccc3c2=O)n1. The van der Waals surface area contributed by atoms with Gasteiger partial charge in [-0.05, 0) is 37.6 Å². The smallest absolute Gasteiger partial charge is 0.268 e. The maximum Gasteiger partial charge on any atom is 0.268 e. The largest absolute Gasteiger partial charge is 0.311 e. The predicted octanol–water partition coefficient (Wildman–Crippen LogP) is 3.19. The summed E-state index contributed by atoms with van der Waals surface area (Å²) in [5.41, 5.74) is 0.881. The van der Waals surface area contributed by atoms with Crippen molar-refractivity contribution in [3.63, 3.8) is 0 Å². The van der Waals surface area contributed by atoms with Crippen LogP contribution in [0.25, 0.3) is 10.1 Å². The van der Waals surface area contributed by atoms with Crippen molar-refractivity contribution in [3.8, 4) is 0 Å². The lowest BCUT2D eigenvalue weighted by Gasteiger charge is -2.05. The predicted molar refractivity (Wildman–Crippen MR) is 92.9 cm³/mol. The molecule has 6 heteroatoms. The van der Waals surface area contributed by atoms with Crippen molar-refractivity contribution in [2.45, 2.75) is 26.3 Å². The first-order chi connectivity index (χ1) is 11.1. The number of benzene rings is 1. The number of nitrogens with zero attached hydrogens (tertiary/aromatic N) is 2. The Morgan fingerprint density at radius 3 is 2.83 bits per heavy atom. The van der Waals surface area contributed by atoms with Crippen LogP contribution < -0.4 is 10.9 Å². The zero-order chi connectivity index (χ0) is 16.2. The molecule has 0 aliphatic heterocycles. The van der Waals surface area contributed by atoms with Gasteiger partial charge in [0.1, 0.15) is 5.82 Å². The minimum absolute atomic E-state index is 0.0198. The number of hydrogen-bond acceptors (Lipinski definition) is 4. The number of carbonyl (C=O) groups is 1. The van der Waals surface area contributed by atoms with Crippen molar-refractivity contribution in [1.82, 2.24) is 8.94 Å². The zero-order valence-corrected chi connectivity index (χ0v) is 13.6. The first kappa shape index (κ1) is 15.4. The van der Waals surface area contributed by atoms with Gasteiger partial charge in [-0.3, -0.25) is 13.5 Å². The second kappa shape index (κ2) is 6.75. The molecule has 2 heterocycles. The molecule has 5 nitrogen and oxygen atoms in total. The summed E-state index contributed by atoms with van der Waals surface area (Å²) < 4.78 is 2.69. The van der Waals surface area contributed by atoms with Gasteiger partial charge in [0, 0.05) is 18.7 Å². The molecular formula is C17H17N3O2S. The molecule has 0 fully saturated rings. The van der Waals surface area contributed by atoms with Crippen molar-refractivity contribution in [2.75, 3.05) is 5.32 Å². The van der Waals surface area contributed by atoms with Gasteiger partial charge in [-0.2, -0.15) is 0 Å². The van der Waals surface area contributed by atoms with Crippen LogP contribution in [0.3, 0.4) is 0 Å². The quantitative estimate of drug-likeness (QED) is 0.783. The summed E-state index contributed by atoms with van der Waals surface area (Å²) in [6.07, 6.45) is 0.973. The van der Waals surface area contributed by atoms with Crippen molar-refractivity contribution in [2.24, 2.45) is 0 Å². The third-order valence-corrected chi connectivity index (χ3v) is 4.59. The fourth-order valence-electron chi connectivity index (χ4n) is 2.37. The van der Waals surface area contributed by atoms with Crippen LogP contribution in [0.2, 0.25) is 0 Å². The van der Waals surface area contributed by atoms with E-state index >= 15 is 0 Å². The summed E-state index contributed by atoms with van der Waals surface area (Å²) in [5, 5.41) is 3.52. The number of nitrogens with one attached hydrogen (secondary N) is 1. The Morgan fingerprint density at radius 1 is 1.22 bits per heavy atom. The van der Waals surface area contributed by atoms with Crippen LogP contribution in [0.15, 0.2) is 47.3 Å². The molecule has 1 amide bonds. The third kappa shape index (κ3) is 3.65. The minimum Gasteiger partial charge on any atom is -0.311 e. The fraction of sp³-hybridized carbons (Fsp3) is 0.235. The third-order valence-electron chi connectivity index (χ3n) is 3.47. The number of amides is 1. The first-order valence-corrected chi connectivity index (χ1v) is 8.23. The molecule has 0 spiro atoms. The zero-order valence-electron chi connectivity index (χ0n) is 12.8. The maximum atomic E-state index is 12.2. The lowest BCUT2D eigenvalue weighted by Crippen LogP contribution is -2.16. The molecular weight excluding hydrogens is 310 g/mol. The maximum absolute atomic E-state index is 12.2. The van der Waals surface area contributed by atoms with Gasteiger partial charge < -0.3 is 5.32 Å². The highest BCUT2D eigenvalue weighted by atomic mass is 32.1. The summed E-state index contributed by atoms with van der Waals surface area (Å²) in [6.45, 7) is 2.43. The van der Waals surface area contributed by atoms with E-state index in [4.69, 9.17) is 0 Å². The van der Waals surface area contributed by atoms with E-state index in [0.29, 0.717) is 25.2 Å². The number of carbonyl (C=O) groups excluding carboxylic acids is 1. The van der Waals surface area contributed by atoms with Crippen molar-refractivity contribution in [3.05, 3.63) is 58.5 Å². The normalized spacial score (nSPS) is 10.8. The van der Waals surface area contributed by atoms with E-state index in [2.05, 4.69) is 10.3 Å². The Bertz CT molecular complexity index is 898. The molecule has 0 radical (unpaired) electrons. The highest BCUT2D eigenvalue weighted by Gasteiger charge is 2.08. The molecule has 1 N–H and O–H groups in total. The molecule has 23 heavy (non-hydrogen) atoms. The van der Waals surface area contributed by atoms with Crippen molar-refractivity contribution < 1.29 is 4.79 Å². The first-order valence-electron chi connectivity index (χ1n) is 7.46. The van der Waals surface area contributed by atoms with Crippen LogP contribution in [-0.4, -0.2) is 14.8 Å². The molecule has 2 aromatic heterocycles. The Hall–Kier alpha value is -2.47. The molecule has 0 aliphatic rings. The number of aromatic nitrogens is 2. The summed E-state index contributed by atoms with van der Waals surface area (Å²) in [7, 11) is 0. The molecule has 0 atom stereocenters. The lowest BCUT2D eigenvalue weighted by atomic mass is 10.2. The average molecular weight is 327 g/mol. The molecule has 0 bridgehead atoms. The number of rotatable bonds is 5. The van der Waals surface area contributed by atoms with Gasteiger partial charge in [0.2, 0.25) is 5.91 Å². The van der Waals surface area contributed by atoms with E-state index in [1.807, 2.05) is 43.3 Å². The van der Waals surface area contributed by atoms with E-state index in [1.165, 1.54) is 11.5 Å². The molecule has 3 rings (SSSR count). The monoisotopic (exact) mass is 327 g/mol. The van der Waals surface area contributed by atoms with Gasteiger partial charge >= 0.3 is 0 Å². The van der Waals surface area contributed by atoms with Crippen LogP contribution in [0, 0.1) is 6.92 Å². The fourth-order valence-corrected chi connectivity index (χ4v) is 3.40. The summed E-state index contributed by atoms with van der Waals surface area (Å²) >= 11 is 1.44. The van der Waals surface area contributed by atoms with E-state index < -0.39 is 0 Å². The molecule has 0 saturated heterocycles. The van der Waals surface area contributed by atoms with Gasteiger partial charge in [0.15, 0.2) is 0 Å². The Labute approximate surface area is 137 Å². The second-order valence-corrected chi connectivity index (χ2v) is 6.37. The van der Waals surface area contributed by atoms with Gasteiger partial charge in [0.25, 0.3) is 5.56 Å². The van der Waals surface area contributed by atoms with Gasteiger partial charge in [-0.15, -0.1) is 0 Å². The van der Waals surface area contributed by atoms with Crippen LogP contribution in [0.4, 0.5) is 5.82 Å². The molecule has 0 saturated carbocycles. The summed E-state index contributed by atoms with van der Waals surface area (Å²) in [5.74, 6) is 0.478. The van der Waals surface area contributed by atoms with Gasteiger partial charge in [0.05, 0.1) is 10.1 Å². The van der Waals surface area contributed by atoms with E-state index in [9.17, 15) is 9.59 Å². The number of hydrogen-bond donors (Lipinski definition) is 1. The summed E-state index contributed by atoms with van der Waals surface area (Å²) in [6, 6.07) is 13.1. The van der Waals surface area contributed by atoms with Crippen LogP contribution in [0.5, 0.6) is 0 Å². The minimum atomic E-state index is -0.0859. The molecule has 3 aromatic rings. The average Bonchev–Trinajstić information content (AvgIpc) is 2.84. The van der Waals surface area contributed by atoms with E-state index in [-0.39, 0.29) is 11.5 Å². The topological polar surface area (TPSA) is 64.0 Å². The number of aryl methyl sites for hydroxylation is 2. The van der Waals surface area contributed by atoms with E-state index in [0.717, 1.165) is 15.8 Å². The Morgan fingerprint density at radius 2 is 2.04 bits per heavy atom. The van der Waals surface area contributed by atoms with Gasteiger partial charge in [-0.1, -0.05) is 29.7 Å². The highest BCUT2D eigenvalue weighted by Crippen LogP contribution is 2.16. The standard InChI is InChI=1S/C17H17N3O2S/c1-12-6-4-9-15(18-12)19-16(21)10-5-11-20-17(22)13-7-2-3-8-14(13)23-20/h2-4,6-9H,5,10-11H2,1H3,(H,18,19,21). The molecule has 0 aliphatic carbocycles. The van der Waals surface area contributed by atoms with Crippen molar-refractivity contribution in [1.29, 1.82) is 0 Å². The van der Waals surface area contributed by atoms with Crippen LogP contribution in [0.1, 0.15) is 18.5 Å². The number of anilines is 1. The van der Waals surface area contributed by atoms with Crippen LogP contribution >= 0.6 is 11.5 Å². The molecule has 0 unspecified atom stereocenters. The highest BCUT2D eigenvalue weighted by molar-refractivity contribution is 7.13. The van der Waals surface area contributed by atoms with E-state index in [1.54, 1.807) is 10.0 Å².